The Labute approximate surface area is 264 Å². The molecule has 2 aliphatic rings. The number of aromatic nitrogens is 2. The summed E-state index contributed by atoms with van der Waals surface area (Å²) in [5.41, 5.74) is 12.5. The van der Waals surface area contributed by atoms with Crippen molar-refractivity contribution in [2.24, 2.45) is 0 Å². The van der Waals surface area contributed by atoms with Gasteiger partial charge >= 0.3 is 0 Å². The van der Waals surface area contributed by atoms with Gasteiger partial charge in [0.1, 0.15) is 0 Å². The summed E-state index contributed by atoms with van der Waals surface area (Å²) in [4.78, 5) is 0. The van der Waals surface area contributed by atoms with E-state index in [4.69, 9.17) is 0 Å². The van der Waals surface area contributed by atoms with Gasteiger partial charge < -0.3 is 0 Å². The number of benzene rings is 3. The van der Waals surface area contributed by atoms with E-state index in [-0.39, 0.29) is 11.0 Å². The van der Waals surface area contributed by atoms with Crippen LogP contribution in [0.4, 0.5) is 0 Å². The van der Waals surface area contributed by atoms with Gasteiger partial charge in [0.05, 0.1) is 16.5 Å². The number of aryl methyl sites for hydroxylation is 1. The molecule has 44 heavy (non-hydrogen) atoms. The lowest BCUT2D eigenvalue weighted by Crippen LogP contribution is -2.69. The van der Waals surface area contributed by atoms with E-state index in [0.29, 0.717) is 6.04 Å². The lowest BCUT2D eigenvalue weighted by Gasteiger charge is -2.48. The molecular formula is C42H46N2+2. The monoisotopic (exact) mass is 578 g/mol. The van der Waals surface area contributed by atoms with Crippen LogP contribution in [0.25, 0.3) is 33.6 Å². The first-order valence-corrected chi connectivity index (χ1v) is 16.9. The molecule has 0 amide bonds. The molecule has 3 unspecified atom stereocenters. The first-order valence-electron chi connectivity index (χ1n) is 16.9. The number of nitrogens with zero attached hydrogens (tertiary/aromatic N) is 2. The number of rotatable bonds is 9. The lowest BCUT2D eigenvalue weighted by molar-refractivity contribution is -0.772. The van der Waals surface area contributed by atoms with Gasteiger partial charge in [-0.1, -0.05) is 87.9 Å². The molecule has 2 heteroatoms. The van der Waals surface area contributed by atoms with E-state index in [2.05, 4.69) is 152 Å². The molecule has 0 N–H and O–H groups in total. The van der Waals surface area contributed by atoms with Crippen LogP contribution in [-0.2, 0) is 17.4 Å². The van der Waals surface area contributed by atoms with Crippen LogP contribution >= 0.6 is 0 Å². The lowest BCUT2D eigenvalue weighted by atomic mass is 9.58. The smallest absolute Gasteiger partial charge is 0.192 e. The highest BCUT2D eigenvalue weighted by Crippen LogP contribution is 2.53. The Balaban J connectivity index is 1.33. The minimum Gasteiger partial charge on any atom is -0.192 e. The third kappa shape index (κ3) is 4.37. The number of pyridine rings is 2. The molecule has 0 bridgehead atoms. The van der Waals surface area contributed by atoms with Crippen LogP contribution < -0.4 is 9.13 Å². The van der Waals surface area contributed by atoms with Crippen LogP contribution in [0, 0.1) is 0 Å². The Bertz CT molecular complexity index is 1800. The van der Waals surface area contributed by atoms with Crippen LogP contribution in [0.5, 0.6) is 0 Å². The summed E-state index contributed by atoms with van der Waals surface area (Å²) >= 11 is 0. The number of hydrogen-bond acceptors (Lipinski definition) is 0. The summed E-state index contributed by atoms with van der Waals surface area (Å²) in [6.07, 6.45) is 12.8. The average molecular weight is 579 g/mol. The van der Waals surface area contributed by atoms with Gasteiger partial charge in [-0.15, -0.1) is 0 Å². The van der Waals surface area contributed by atoms with Crippen molar-refractivity contribution in [3.8, 4) is 33.6 Å². The summed E-state index contributed by atoms with van der Waals surface area (Å²) in [5, 5.41) is 0. The van der Waals surface area contributed by atoms with Crippen LogP contribution in [0.1, 0.15) is 89.0 Å². The Morgan fingerprint density at radius 3 is 2.30 bits per heavy atom. The second-order valence-corrected chi connectivity index (χ2v) is 13.2. The molecule has 7 rings (SSSR count). The topological polar surface area (TPSA) is 7.76 Å². The highest BCUT2D eigenvalue weighted by atomic mass is 15.1. The normalized spacial score (nSPS) is 21.3. The fraction of sp³-hybridized carbons (Fsp3) is 0.333. The van der Waals surface area contributed by atoms with E-state index in [0.717, 1.165) is 32.1 Å². The molecule has 0 fully saturated rings. The zero-order valence-corrected chi connectivity index (χ0v) is 26.9. The summed E-state index contributed by atoms with van der Waals surface area (Å²) in [5.74, 6) is 0. The van der Waals surface area contributed by atoms with E-state index in [1.165, 1.54) is 63.2 Å². The van der Waals surface area contributed by atoms with Crippen LogP contribution in [0.3, 0.4) is 0 Å². The number of fused-ring (bicyclic) bond motifs is 6. The van der Waals surface area contributed by atoms with E-state index < -0.39 is 0 Å². The van der Waals surface area contributed by atoms with Crippen LogP contribution in [0.15, 0.2) is 116 Å². The Kier molecular flexibility index (Phi) is 7.49. The Morgan fingerprint density at radius 2 is 1.50 bits per heavy atom. The molecule has 2 nitrogen and oxygen atoms in total. The first kappa shape index (κ1) is 28.7. The predicted octanol–water partition coefficient (Wildman–Crippen LogP) is 9.77. The minimum absolute atomic E-state index is 0.0108. The van der Waals surface area contributed by atoms with E-state index in [1.54, 1.807) is 0 Å². The van der Waals surface area contributed by atoms with Crippen LogP contribution in [-0.4, -0.2) is 0 Å². The molecule has 0 aliphatic carbocycles. The molecule has 5 aromatic rings. The largest absolute Gasteiger partial charge is 0.213 e. The molecule has 3 atom stereocenters. The molecule has 2 aliphatic heterocycles. The number of hydrogen-bond donors (Lipinski definition) is 0. The van der Waals surface area contributed by atoms with Crippen molar-refractivity contribution in [3.05, 3.63) is 132 Å². The van der Waals surface area contributed by atoms with Gasteiger partial charge in [-0.3, -0.25) is 0 Å². The molecule has 0 radical (unpaired) electrons. The molecule has 0 saturated carbocycles. The van der Waals surface area contributed by atoms with Gasteiger partial charge in [0.2, 0.25) is 11.4 Å². The van der Waals surface area contributed by atoms with Crippen molar-refractivity contribution in [2.45, 2.75) is 89.6 Å². The second kappa shape index (κ2) is 11.5. The Hall–Kier alpha value is -4.04. The van der Waals surface area contributed by atoms with Gasteiger partial charge in [-0.2, -0.15) is 9.13 Å². The zero-order chi connectivity index (χ0) is 30.3. The molecule has 4 heterocycles. The van der Waals surface area contributed by atoms with Crippen molar-refractivity contribution in [1.82, 2.24) is 0 Å². The van der Waals surface area contributed by atoms with E-state index in [1.807, 2.05) is 0 Å². The van der Waals surface area contributed by atoms with Crippen LogP contribution in [0.2, 0.25) is 0 Å². The predicted molar refractivity (Wildman–Crippen MR) is 181 cm³/mol. The minimum atomic E-state index is -0.0361. The molecule has 0 spiro atoms. The maximum absolute atomic E-state index is 2.69. The molecule has 3 aromatic carbocycles. The maximum atomic E-state index is 2.69. The van der Waals surface area contributed by atoms with E-state index in [9.17, 15) is 0 Å². The quantitative estimate of drug-likeness (QED) is 0.154. The average Bonchev–Trinajstić information content (AvgIpc) is 3.40. The molecule has 0 saturated heterocycles. The van der Waals surface area contributed by atoms with Crippen molar-refractivity contribution in [3.63, 3.8) is 0 Å². The molecule has 2 aromatic heterocycles. The van der Waals surface area contributed by atoms with Gasteiger partial charge in [0.25, 0.3) is 0 Å². The summed E-state index contributed by atoms with van der Waals surface area (Å²) in [6, 6.07) is 39.1. The highest BCUT2D eigenvalue weighted by molar-refractivity contribution is 5.69. The highest BCUT2D eigenvalue weighted by Gasteiger charge is 2.59. The van der Waals surface area contributed by atoms with Gasteiger partial charge in [0, 0.05) is 48.6 Å². The molecular weight excluding hydrogens is 532 g/mol. The SMILES string of the molecule is CCCCc1ccc2c(c1)-c1cccc[n+]1C(CC)(CCC1c3ccccc3-c3ccc(-c4ccccc4)c[n+]31)C2(C)CC. The molecule has 222 valence electrons. The summed E-state index contributed by atoms with van der Waals surface area (Å²) < 4.78 is 5.27. The Morgan fingerprint density at radius 1 is 0.705 bits per heavy atom. The first-order chi connectivity index (χ1) is 21.5. The standard InChI is InChI=1S/C42H46N2/c1-5-8-16-31-22-24-37-36(29-31)40-21-14-15-28-44(40)42(7-3,41(37,4)6-2)27-26-39-35-20-13-12-19-34(35)38-25-23-33(30-43(38)39)32-17-10-9-11-18-32/h9-15,17-25,28-30,39H,5-8,16,26-27H2,1-4H3/q+2. The fourth-order valence-corrected chi connectivity index (χ4v) is 8.67. The van der Waals surface area contributed by atoms with Gasteiger partial charge in [0.15, 0.2) is 24.0 Å². The third-order valence-electron chi connectivity index (χ3n) is 11.3. The zero-order valence-electron chi connectivity index (χ0n) is 26.9. The number of unbranched alkanes of at least 4 members (excludes halogenated alkanes) is 1. The summed E-state index contributed by atoms with van der Waals surface area (Å²) in [7, 11) is 0. The third-order valence-corrected chi connectivity index (χ3v) is 11.3. The van der Waals surface area contributed by atoms with Gasteiger partial charge in [-0.05, 0) is 67.1 Å². The van der Waals surface area contributed by atoms with Crippen molar-refractivity contribution in [2.75, 3.05) is 0 Å². The fourth-order valence-electron chi connectivity index (χ4n) is 8.67. The van der Waals surface area contributed by atoms with Crippen molar-refractivity contribution in [1.29, 1.82) is 0 Å². The van der Waals surface area contributed by atoms with Crippen molar-refractivity contribution < 1.29 is 9.13 Å². The summed E-state index contributed by atoms with van der Waals surface area (Å²) in [6.45, 7) is 9.68. The van der Waals surface area contributed by atoms with Crippen molar-refractivity contribution >= 4 is 0 Å². The van der Waals surface area contributed by atoms with Gasteiger partial charge in [-0.25, -0.2) is 0 Å². The van der Waals surface area contributed by atoms with E-state index >= 15 is 0 Å². The maximum Gasteiger partial charge on any atom is 0.213 e. The second-order valence-electron chi connectivity index (χ2n) is 13.2.